The normalized spacial score (nSPS) is 15.2. The van der Waals surface area contributed by atoms with Crippen LogP contribution in [0.5, 0.6) is 0 Å². The second-order valence-corrected chi connectivity index (χ2v) is 4.82. The number of benzene rings is 1. The van der Waals surface area contributed by atoms with Gasteiger partial charge in [0.1, 0.15) is 0 Å². The van der Waals surface area contributed by atoms with Crippen molar-refractivity contribution in [3.63, 3.8) is 0 Å². The molecule has 0 bridgehead atoms. The summed E-state index contributed by atoms with van der Waals surface area (Å²) in [5, 5.41) is 2.39. The molecule has 1 aliphatic rings. The molecule has 1 N–H and O–H groups in total. The molecule has 0 saturated carbocycles. The van der Waals surface area contributed by atoms with Gasteiger partial charge < -0.3 is 10.2 Å². The van der Waals surface area contributed by atoms with Crippen molar-refractivity contribution in [2.75, 3.05) is 19.6 Å². The first kappa shape index (κ1) is 15.3. The van der Waals surface area contributed by atoms with E-state index in [9.17, 15) is 22.8 Å². The molecule has 1 aliphatic heterocycles. The number of hydrogen-bond acceptors (Lipinski definition) is 2. The number of nitrogens with one attached hydrogen (secondary N) is 1. The fraction of sp³-hybridized carbons (Fsp3) is 0.429. The van der Waals surface area contributed by atoms with Crippen molar-refractivity contribution >= 4 is 11.8 Å². The van der Waals surface area contributed by atoms with Crippen LogP contribution in [0.4, 0.5) is 13.2 Å². The number of carbonyl (C=O) groups excluding carboxylic acids is 2. The molecule has 1 aromatic carbocycles. The molecule has 1 saturated heterocycles. The third-order valence-corrected chi connectivity index (χ3v) is 3.37. The van der Waals surface area contributed by atoms with E-state index < -0.39 is 28.9 Å². The van der Waals surface area contributed by atoms with Crippen molar-refractivity contribution in [3.8, 4) is 0 Å². The van der Waals surface area contributed by atoms with Crippen molar-refractivity contribution in [2.45, 2.75) is 19.3 Å². The predicted molar refractivity (Wildman–Crippen MR) is 69.1 cm³/mol. The molecule has 0 spiro atoms. The molecular weight excluding hydrogens is 285 g/mol. The van der Waals surface area contributed by atoms with Crippen molar-refractivity contribution in [3.05, 3.63) is 35.1 Å². The van der Waals surface area contributed by atoms with E-state index in [1.165, 1.54) is 0 Å². The van der Waals surface area contributed by atoms with Crippen molar-refractivity contribution in [1.82, 2.24) is 10.2 Å². The summed E-state index contributed by atoms with van der Waals surface area (Å²) in [5.74, 6) is -5.34. The second kappa shape index (κ2) is 6.60. The molecule has 0 unspecified atom stereocenters. The number of nitrogens with zero attached hydrogens (tertiary/aromatic N) is 1. The number of piperidine rings is 1. The number of rotatable bonds is 4. The van der Waals surface area contributed by atoms with Gasteiger partial charge in [0.15, 0.2) is 17.5 Å². The van der Waals surface area contributed by atoms with Crippen LogP contribution in [0.2, 0.25) is 0 Å². The van der Waals surface area contributed by atoms with Gasteiger partial charge in [-0.15, -0.1) is 0 Å². The molecule has 0 atom stereocenters. The van der Waals surface area contributed by atoms with Crippen LogP contribution in [0.3, 0.4) is 0 Å². The molecule has 1 fully saturated rings. The molecule has 4 nitrogen and oxygen atoms in total. The molecule has 0 aliphatic carbocycles. The average Bonchev–Trinajstić information content (AvgIpc) is 2.47. The van der Waals surface area contributed by atoms with E-state index in [1.807, 2.05) is 0 Å². The minimum absolute atomic E-state index is 0.0227. The summed E-state index contributed by atoms with van der Waals surface area (Å²) in [4.78, 5) is 24.9. The Balaban J connectivity index is 1.90. The first-order chi connectivity index (χ1) is 10.0. The fourth-order valence-corrected chi connectivity index (χ4v) is 2.20. The highest BCUT2D eigenvalue weighted by Crippen LogP contribution is 2.15. The maximum atomic E-state index is 13.4. The van der Waals surface area contributed by atoms with Crippen LogP contribution < -0.4 is 5.32 Å². The largest absolute Gasteiger partial charge is 0.350 e. The Morgan fingerprint density at radius 3 is 2.67 bits per heavy atom. The summed E-state index contributed by atoms with van der Waals surface area (Å²) in [6.07, 6.45) is 2.27. The highest BCUT2D eigenvalue weighted by molar-refractivity contribution is 5.94. The second-order valence-electron chi connectivity index (χ2n) is 4.82. The summed E-state index contributed by atoms with van der Waals surface area (Å²) in [7, 11) is 0. The predicted octanol–water partition coefficient (Wildman–Crippen LogP) is 1.85. The Labute approximate surface area is 119 Å². The Bertz CT molecular complexity index is 563. The molecule has 2 amide bonds. The topological polar surface area (TPSA) is 49.4 Å². The lowest BCUT2D eigenvalue weighted by molar-refractivity contribution is -0.133. The molecule has 1 heterocycles. The van der Waals surface area contributed by atoms with Crippen LogP contribution in [0.25, 0.3) is 0 Å². The van der Waals surface area contributed by atoms with Gasteiger partial charge in [-0.05, 0) is 25.0 Å². The number of amides is 2. The summed E-state index contributed by atoms with van der Waals surface area (Å²) < 4.78 is 39.2. The van der Waals surface area contributed by atoms with E-state index >= 15 is 0 Å². The van der Waals surface area contributed by atoms with Crippen LogP contribution in [0.15, 0.2) is 12.1 Å². The summed E-state index contributed by atoms with van der Waals surface area (Å²) in [6, 6.07) is 1.58. The van der Waals surface area contributed by atoms with Crippen LogP contribution in [0.1, 0.15) is 29.6 Å². The minimum Gasteiger partial charge on any atom is -0.350 e. The number of likely N-dealkylation sites (tertiary alicyclic amines) is 1. The standard InChI is InChI=1S/C14H15F3N2O2/c15-10-5-4-9(12(16)13(10)17)14(21)18-6-8-19-7-2-1-3-11(19)20/h4-5H,1-3,6-8H2,(H,18,21). The third-order valence-electron chi connectivity index (χ3n) is 3.37. The number of halogens is 3. The quantitative estimate of drug-likeness (QED) is 0.863. The Hall–Kier alpha value is -2.05. The third kappa shape index (κ3) is 3.53. The van der Waals surface area contributed by atoms with Crippen LogP contribution in [-0.2, 0) is 4.79 Å². The molecule has 7 heteroatoms. The van der Waals surface area contributed by atoms with E-state index in [0.717, 1.165) is 18.9 Å². The molecule has 1 aromatic rings. The van der Waals surface area contributed by atoms with Gasteiger partial charge in [-0.25, -0.2) is 13.2 Å². The van der Waals surface area contributed by atoms with Crippen molar-refractivity contribution in [1.29, 1.82) is 0 Å². The van der Waals surface area contributed by atoms with Crippen LogP contribution >= 0.6 is 0 Å². The lowest BCUT2D eigenvalue weighted by Crippen LogP contribution is -2.41. The maximum Gasteiger partial charge on any atom is 0.254 e. The average molecular weight is 300 g/mol. The van der Waals surface area contributed by atoms with Crippen molar-refractivity contribution < 1.29 is 22.8 Å². The van der Waals surface area contributed by atoms with E-state index in [2.05, 4.69) is 5.32 Å². The van der Waals surface area contributed by atoms with Gasteiger partial charge in [0, 0.05) is 26.1 Å². The Kier molecular flexibility index (Phi) is 4.82. The van der Waals surface area contributed by atoms with Gasteiger partial charge in [0.2, 0.25) is 5.91 Å². The van der Waals surface area contributed by atoms with Gasteiger partial charge in [-0.2, -0.15) is 0 Å². The SMILES string of the molecule is O=C(NCCN1CCCCC1=O)c1ccc(F)c(F)c1F. The highest BCUT2D eigenvalue weighted by Gasteiger charge is 2.20. The summed E-state index contributed by atoms with van der Waals surface area (Å²) >= 11 is 0. The zero-order chi connectivity index (χ0) is 15.4. The fourth-order valence-electron chi connectivity index (χ4n) is 2.20. The number of carbonyl (C=O) groups is 2. The molecule has 114 valence electrons. The van der Waals surface area contributed by atoms with Gasteiger partial charge in [0.25, 0.3) is 5.91 Å². The first-order valence-electron chi connectivity index (χ1n) is 6.70. The van der Waals surface area contributed by atoms with E-state index in [1.54, 1.807) is 4.90 Å². The molecule has 2 rings (SSSR count). The van der Waals surface area contributed by atoms with Crippen LogP contribution in [0, 0.1) is 17.5 Å². The Morgan fingerprint density at radius 2 is 1.95 bits per heavy atom. The Morgan fingerprint density at radius 1 is 1.19 bits per heavy atom. The first-order valence-corrected chi connectivity index (χ1v) is 6.70. The van der Waals surface area contributed by atoms with E-state index in [-0.39, 0.29) is 12.5 Å². The summed E-state index contributed by atoms with van der Waals surface area (Å²) in [6.45, 7) is 1.08. The minimum atomic E-state index is -1.67. The van der Waals surface area contributed by atoms with Gasteiger partial charge in [-0.1, -0.05) is 0 Å². The summed E-state index contributed by atoms with van der Waals surface area (Å²) in [5.41, 5.74) is -0.557. The van der Waals surface area contributed by atoms with Gasteiger partial charge in [0.05, 0.1) is 5.56 Å². The molecular formula is C14H15F3N2O2. The van der Waals surface area contributed by atoms with Crippen LogP contribution in [-0.4, -0.2) is 36.3 Å². The zero-order valence-corrected chi connectivity index (χ0v) is 11.3. The lowest BCUT2D eigenvalue weighted by Gasteiger charge is -2.26. The number of hydrogen-bond donors (Lipinski definition) is 1. The van der Waals surface area contributed by atoms with Crippen molar-refractivity contribution in [2.24, 2.45) is 0 Å². The highest BCUT2D eigenvalue weighted by atomic mass is 19.2. The zero-order valence-electron chi connectivity index (χ0n) is 11.3. The van der Waals surface area contributed by atoms with Gasteiger partial charge >= 0.3 is 0 Å². The monoisotopic (exact) mass is 300 g/mol. The van der Waals surface area contributed by atoms with E-state index in [0.29, 0.717) is 25.6 Å². The molecule has 0 aromatic heterocycles. The lowest BCUT2D eigenvalue weighted by atomic mass is 10.1. The van der Waals surface area contributed by atoms with E-state index in [4.69, 9.17) is 0 Å². The molecule has 0 radical (unpaired) electrons. The smallest absolute Gasteiger partial charge is 0.254 e. The van der Waals surface area contributed by atoms with Gasteiger partial charge in [-0.3, -0.25) is 9.59 Å². The maximum absolute atomic E-state index is 13.4. The molecule has 21 heavy (non-hydrogen) atoms.